The molecule has 0 radical (unpaired) electrons. The summed E-state index contributed by atoms with van der Waals surface area (Å²) >= 11 is 2.59. The zero-order chi connectivity index (χ0) is 21.3. The van der Waals surface area contributed by atoms with Crippen molar-refractivity contribution in [1.82, 2.24) is 13.7 Å². The van der Waals surface area contributed by atoms with Crippen molar-refractivity contribution in [3.8, 4) is 17.0 Å². The van der Waals surface area contributed by atoms with Gasteiger partial charge < -0.3 is 10.1 Å². The Kier molecular flexibility index (Phi) is 5.53. The van der Waals surface area contributed by atoms with Gasteiger partial charge in [0.1, 0.15) is 18.1 Å². The molecular weight excluding hydrogens is 416 g/mol. The molecule has 154 valence electrons. The molecule has 2 aromatic heterocycles. The van der Waals surface area contributed by atoms with Crippen LogP contribution in [0.1, 0.15) is 32.2 Å². The molecular formula is C22H22N4O2S2. The number of hydrogen-bond donors (Lipinski definition) is 1. The molecule has 4 rings (SSSR count). The number of hydrogen-bond acceptors (Lipinski definition) is 7. The fourth-order valence-corrected chi connectivity index (χ4v) is 4.19. The summed E-state index contributed by atoms with van der Waals surface area (Å²) in [5.41, 5.74) is 2.94. The van der Waals surface area contributed by atoms with Crippen LogP contribution in [0.25, 0.3) is 22.0 Å². The second kappa shape index (κ2) is 8.12. The summed E-state index contributed by atoms with van der Waals surface area (Å²) in [4.78, 5) is 16.7. The van der Waals surface area contributed by atoms with E-state index in [0.717, 1.165) is 39.2 Å². The molecule has 30 heavy (non-hydrogen) atoms. The lowest BCUT2D eigenvalue weighted by atomic mass is 9.96. The number of thiazole rings is 1. The zero-order valence-electron chi connectivity index (χ0n) is 17.2. The lowest BCUT2D eigenvalue weighted by Gasteiger charge is -2.16. The van der Waals surface area contributed by atoms with Gasteiger partial charge in [0.05, 0.1) is 28.7 Å². The minimum Gasteiger partial charge on any atom is -0.487 e. The molecule has 1 N–H and O–H groups in total. The number of ether oxygens (including phenoxy) is 1. The molecule has 0 aliphatic rings. The molecule has 4 aromatic rings. The highest BCUT2D eigenvalue weighted by molar-refractivity contribution is 7.13. The third-order valence-corrected chi connectivity index (χ3v) is 6.04. The summed E-state index contributed by atoms with van der Waals surface area (Å²) in [6.45, 7) is 7.86. The van der Waals surface area contributed by atoms with Gasteiger partial charge in [-0.1, -0.05) is 51.1 Å². The van der Waals surface area contributed by atoms with Crippen LogP contribution < -0.4 is 10.1 Å². The van der Waals surface area contributed by atoms with Crippen LogP contribution >= 0.6 is 23.1 Å². The minimum atomic E-state index is -0.470. The van der Waals surface area contributed by atoms with Crippen molar-refractivity contribution in [3.05, 3.63) is 53.2 Å². The molecule has 0 spiro atoms. The second-order valence-electron chi connectivity index (χ2n) is 7.99. The van der Waals surface area contributed by atoms with Gasteiger partial charge in [0.2, 0.25) is 5.91 Å². The molecule has 8 heteroatoms. The number of rotatable bonds is 5. The van der Waals surface area contributed by atoms with Gasteiger partial charge >= 0.3 is 0 Å². The highest BCUT2D eigenvalue weighted by atomic mass is 32.1. The van der Waals surface area contributed by atoms with Gasteiger partial charge in [-0.25, -0.2) is 4.98 Å². The number of nitrogens with zero attached hydrogens (tertiary/aromatic N) is 3. The minimum absolute atomic E-state index is 0.0624. The molecule has 2 heterocycles. The number of aryl methyl sites for hydroxylation is 1. The Bertz CT molecular complexity index is 1210. The molecule has 0 unspecified atom stereocenters. The van der Waals surface area contributed by atoms with Crippen LogP contribution in [0.2, 0.25) is 0 Å². The van der Waals surface area contributed by atoms with E-state index in [1.807, 2.05) is 57.3 Å². The smallest absolute Gasteiger partial charge is 0.231 e. The van der Waals surface area contributed by atoms with E-state index in [1.54, 1.807) is 0 Å². The molecule has 0 fully saturated rings. The summed E-state index contributed by atoms with van der Waals surface area (Å²) in [5, 5.41) is 7.53. The molecule has 0 saturated carbocycles. The number of carbonyl (C=O) groups is 1. The average Bonchev–Trinajstić information content (AvgIpc) is 3.34. The van der Waals surface area contributed by atoms with Gasteiger partial charge in [-0.05, 0) is 23.8 Å². The number of benzene rings is 2. The van der Waals surface area contributed by atoms with E-state index in [4.69, 9.17) is 4.74 Å². The van der Waals surface area contributed by atoms with Gasteiger partial charge in [-0.3, -0.25) is 4.79 Å². The maximum Gasteiger partial charge on any atom is 0.231 e. The maximum absolute atomic E-state index is 12.2. The van der Waals surface area contributed by atoms with Gasteiger partial charge in [-0.2, -0.15) is 8.75 Å². The summed E-state index contributed by atoms with van der Waals surface area (Å²) < 4.78 is 15.0. The molecule has 2 aromatic carbocycles. The highest BCUT2D eigenvalue weighted by Gasteiger charge is 2.22. The first-order chi connectivity index (χ1) is 14.3. The first-order valence-electron chi connectivity index (χ1n) is 9.53. The van der Waals surface area contributed by atoms with E-state index < -0.39 is 5.41 Å². The van der Waals surface area contributed by atoms with Crippen LogP contribution in [0.15, 0.2) is 41.8 Å². The fourth-order valence-electron chi connectivity index (χ4n) is 2.94. The number of nitrogens with one attached hydrogen (secondary N) is 1. The largest absolute Gasteiger partial charge is 0.487 e. The Labute approximate surface area is 183 Å². The standard InChI is InChI=1S/C22H22N4O2S2/c1-13-19(26-30-25-13)18-16-8-6-5-7-14(16)9-10-17(18)28-11-15-12-29-21(23-15)24-20(27)22(2,3)4/h5-10,12H,11H2,1-4H3,(H,23,24,27). The van der Waals surface area contributed by atoms with Crippen molar-refractivity contribution in [2.24, 2.45) is 5.41 Å². The Morgan fingerprint density at radius 3 is 2.67 bits per heavy atom. The third kappa shape index (κ3) is 4.20. The molecule has 1 amide bonds. The fraction of sp³-hybridized carbons (Fsp3) is 0.273. The summed E-state index contributed by atoms with van der Waals surface area (Å²) in [7, 11) is 0. The summed E-state index contributed by atoms with van der Waals surface area (Å²) in [6.07, 6.45) is 0. The van der Waals surface area contributed by atoms with E-state index in [9.17, 15) is 4.79 Å². The molecule has 0 bridgehead atoms. The Morgan fingerprint density at radius 2 is 1.93 bits per heavy atom. The van der Waals surface area contributed by atoms with E-state index >= 15 is 0 Å². The molecule has 6 nitrogen and oxygen atoms in total. The van der Waals surface area contributed by atoms with Gasteiger partial charge in [-0.15, -0.1) is 11.3 Å². The van der Waals surface area contributed by atoms with E-state index in [0.29, 0.717) is 11.7 Å². The van der Waals surface area contributed by atoms with Crippen molar-refractivity contribution >= 4 is 44.9 Å². The average molecular weight is 439 g/mol. The van der Waals surface area contributed by atoms with E-state index in [1.165, 1.54) is 23.1 Å². The third-order valence-electron chi connectivity index (χ3n) is 4.61. The molecule has 0 saturated heterocycles. The van der Waals surface area contributed by atoms with Gasteiger partial charge in [0, 0.05) is 10.8 Å². The van der Waals surface area contributed by atoms with Crippen LogP contribution in [0.3, 0.4) is 0 Å². The molecule has 0 aliphatic heterocycles. The first-order valence-corrected chi connectivity index (χ1v) is 11.1. The summed E-state index contributed by atoms with van der Waals surface area (Å²) in [5.74, 6) is 0.672. The van der Waals surface area contributed by atoms with Crippen molar-refractivity contribution in [2.75, 3.05) is 5.32 Å². The lowest BCUT2D eigenvalue weighted by Crippen LogP contribution is -2.27. The highest BCUT2D eigenvalue weighted by Crippen LogP contribution is 2.38. The Morgan fingerprint density at radius 1 is 1.13 bits per heavy atom. The Hall–Kier alpha value is -2.84. The topological polar surface area (TPSA) is 77.0 Å². The van der Waals surface area contributed by atoms with E-state index in [2.05, 4.69) is 31.2 Å². The SMILES string of the molecule is Cc1nsnc1-c1c(OCc2csc(NC(=O)C(C)(C)C)n2)ccc2ccccc12. The predicted molar refractivity (Wildman–Crippen MR) is 122 cm³/mol. The normalized spacial score (nSPS) is 11.6. The first kappa shape index (κ1) is 20.4. The van der Waals surface area contributed by atoms with Crippen LogP contribution in [-0.4, -0.2) is 19.6 Å². The quantitative estimate of drug-likeness (QED) is 0.433. The zero-order valence-corrected chi connectivity index (χ0v) is 18.9. The van der Waals surface area contributed by atoms with Crippen LogP contribution in [0.4, 0.5) is 5.13 Å². The number of fused-ring (bicyclic) bond motifs is 1. The van der Waals surface area contributed by atoms with Crippen molar-refractivity contribution in [3.63, 3.8) is 0 Å². The number of amides is 1. The van der Waals surface area contributed by atoms with Crippen LogP contribution in [0.5, 0.6) is 5.75 Å². The maximum atomic E-state index is 12.2. The number of anilines is 1. The van der Waals surface area contributed by atoms with E-state index in [-0.39, 0.29) is 5.91 Å². The summed E-state index contributed by atoms with van der Waals surface area (Å²) in [6, 6.07) is 12.2. The monoisotopic (exact) mass is 438 g/mol. The van der Waals surface area contributed by atoms with Crippen molar-refractivity contribution in [2.45, 2.75) is 34.3 Å². The van der Waals surface area contributed by atoms with Gasteiger partial charge in [0.15, 0.2) is 5.13 Å². The predicted octanol–water partition coefficient (Wildman–Crippen LogP) is 5.69. The second-order valence-corrected chi connectivity index (χ2v) is 9.38. The molecule has 0 atom stereocenters. The van der Waals surface area contributed by atoms with Crippen LogP contribution in [0, 0.1) is 12.3 Å². The Balaban J connectivity index is 1.60. The number of carbonyl (C=O) groups excluding carboxylic acids is 1. The molecule has 0 aliphatic carbocycles. The van der Waals surface area contributed by atoms with Crippen molar-refractivity contribution < 1.29 is 9.53 Å². The van der Waals surface area contributed by atoms with Crippen molar-refractivity contribution in [1.29, 1.82) is 0 Å². The van der Waals surface area contributed by atoms with Crippen LogP contribution in [-0.2, 0) is 11.4 Å². The number of aromatic nitrogens is 3. The lowest BCUT2D eigenvalue weighted by molar-refractivity contribution is -0.123. The van der Waals surface area contributed by atoms with Gasteiger partial charge in [0.25, 0.3) is 0 Å².